The van der Waals surface area contributed by atoms with E-state index in [0.717, 1.165) is 42.7 Å². The molecule has 1 aromatic carbocycles. The van der Waals surface area contributed by atoms with Crippen LogP contribution in [0.1, 0.15) is 12.5 Å². The van der Waals surface area contributed by atoms with Gasteiger partial charge in [-0.1, -0.05) is 6.07 Å². The van der Waals surface area contributed by atoms with Crippen LogP contribution in [0.5, 0.6) is 11.5 Å². The third-order valence-electron chi connectivity index (χ3n) is 3.42. The standard InChI is InChI=1S/C16H21N5O2/c1-2-18-16(19-6-8-21-7-5-17-11-21)20-10-13-3-4-14-15(9-13)23-12-22-14/h3-5,7,9,11H,2,6,8,10,12H2,1H3,(H2,18,19,20). The molecule has 2 N–H and O–H groups in total. The van der Waals surface area contributed by atoms with E-state index in [1.54, 1.807) is 12.5 Å². The predicted octanol–water partition coefficient (Wildman–Crippen LogP) is 1.37. The molecule has 0 amide bonds. The fourth-order valence-electron chi connectivity index (χ4n) is 2.27. The molecule has 2 aromatic rings. The van der Waals surface area contributed by atoms with Crippen molar-refractivity contribution in [3.63, 3.8) is 0 Å². The van der Waals surface area contributed by atoms with Crippen molar-refractivity contribution < 1.29 is 9.47 Å². The molecule has 0 radical (unpaired) electrons. The molecule has 0 unspecified atom stereocenters. The van der Waals surface area contributed by atoms with Crippen molar-refractivity contribution in [3.05, 3.63) is 42.5 Å². The summed E-state index contributed by atoms with van der Waals surface area (Å²) in [7, 11) is 0. The molecule has 0 aliphatic carbocycles. The minimum atomic E-state index is 0.292. The first-order valence-corrected chi connectivity index (χ1v) is 7.71. The third kappa shape index (κ3) is 4.15. The second-order valence-corrected chi connectivity index (χ2v) is 5.11. The number of benzene rings is 1. The summed E-state index contributed by atoms with van der Waals surface area (Å²) < 4.78 is 12.7. The molecule has 7 heteroatoms. The Kier molecular flexibility index (Phi) is 4.98. The van der Waals surface area contributed by atoms with Gasteiger partial charge in [-0.15, -0.1) is 0 Å². The van der Waals surface area contributed by atoms with Gasteiger partial charge in [-0.25, -0.2) is 9.98 Å². The number of aliphatic imine (C=N–C) groups is 1. The van der Waals surface area contributed by atoms with Crippen molar-refractivity contribution in [2.24, 2.45) is 4.99 Å². The zero-order valence-corrected chi connectivity index (χ0v) is 13.2. The molecule has 122 valence electrons. The molecular formula is C16H21N5O2. The average Bonchev–Trinajstić information content (AvgIpc) is 3.23. The summed E-state index contributed by atoms with van der Waals surface area (Å²) in [5, 5.41) is 6.56. The highest BCUT2D eigenvalue weighted by Gasteiger charge is 2.12. The van der Waals surface area contributed by atoms with Crippen LogP contribution in [0.25, 0.3) is 0 Å². The molecule has 23 heavy (non-hydrogen) atoms. The van der Waals surface area contributed by atoms with Crippen LogP contribution in [0.2, 0.25) is 0 Å². The molecular weight excluding hydrogens is 294 g/mol. The van der Waals surface area contributed by atoms with Crippen LogP contribution in [0.4, 0.5) is 0 Å². The van der Waals surface area contributed by atoms with Crippen molar-refractivity contribution in [3.8, 4) is 11.5 Å². The Morgan fingerprint density at radius 2 is 2.22 bits per heavy atom. The molecule has 1 aliphatic heterocycles. The number of aromatic nitrogens is 2. The number of nitrogens with zero attached hydrogens (tertiary/aromatic N) is 3. The normalized spacial score (nSPS) is 13.2. The van der Waals surface area contributed by atoms with E-state index in [0.29, 0.717) is 13.3 Å². The molecule has 0 bridgehead atoms. The maximum atomic E-state index is 5.39. The Morgan fingerprint density at radius 3 is 3.04 bits per heavy atom. The maximum Gasteiger partial charge on any atom is 0.231 e. The molecule has 0 spiro atoms. The van der Waals surface area contributed by atoms with Crippen molar-refractivity contribution >= 4 is 5.96 Å². The Balaban J connectivity index is 1.55. The van der Waals surface area contributed by atoms with Crippen LogP contribution in [0, 0.1) is 0 Å². The first-order valence-electron chi connectivity index (χ1n) is 7.71. The van der Waals surface area contributed by atoms with E-state index < -0.39 is 0 Å². The number of ether oxygens (including phenoxy) is 2. The van der Waals surface area contributed by atoms with E-state index in [1.807, 2.05) is 35.9 Å². The van der Waals surface area contributed by atoms with Crippen LogP contribution < -0.4 is 20.1 Å². The first-order chi connectivity index (χ1) is 11.3. The SMILES string of the molecule is CCNC(=NCc1ccc2c(c1)OCO2)NCCn1ccnc1. The molecule has 0 saturated heterocycles. The Labute approximate surface area is 135 Å². The van der Waals surface area contributed by atoms with E-state index in [9.17, 15) is 0 Å². The molecule has 1 aliphatic rings. The highest BCUT2D eigenvalue weighted by molar-refractivity contribution is 5.79. The summed E-state index contributed by atoms with van der Waals surface area (Å²) in [6.07, 6.45) is 5.52. The zero-order valence-electron chi connectivity index (χ0n) is 13.2. The lowest BCUT2D eigenvalue weighted by atomic mass is 10.2. The largest absolute Gasteiger partial charge is 0.454 e. The lowest BCUT2D eigenvalue weighted by Crippen LogP contribution is -2.38. The highest BCUT2D eigenvalue weighted by Crippen LogP contribution is 2.32. The minimum absolute atomic E-state index is 0.292. The molecule has 0 atom stereocenters. The summed E-state index contributed by atoms with van der Waals surface area (Å²) in [4.78, 5) is 8.63. The summed E-state index contributed by atoms with van der Waals surface area (Å²) in [6.45, 7) is 5.36. The average molecular weight is 315 g/mol. The van der Waals surface area contributed by atoms with Crippen LogP contribution in [0.3, 0.4) is 0 Å². The molecule has 7 nitrogen and oxygen atoms in total. The van der Waals surface area contributed by atoms with Gasteiger partial charge in [0.05, 0.1) is 12.9 Å². The maximum absolute atomic E-state index is 5.39. The molecule has 3 rings (SSSR count). The number of imidazole rings is 1. The molecule has 0 fully saturated rings. The zero-order chi connectivity index (χ0) is 15.9. The third-order valence-corrected chi connectivity index (χ3v) is 3.42. The van der Waals surface area contributed by atoms with Gasteiger partial charge >= 0.3 is 0 Å². The summed E-state index contributed by atoms with van der Waals surface area (Å²) in [5.41, 5.74) is 1.08. The topological polar surface area (TPSA) is 72.7 Å². The Hall–Kier alpha value is -2.70. The second-order valence-electron chi connectivity index (χ2n) is 5.11. The number of fused-ring (bicyclic) bond motifs is 1. The highest BCUT2D eigenvalue weighted by atomic mass is 16.7. The molecule has 0 saturated carbocycles. The number of nitrogens with one attached hydrogen (secondary N) is 2. The smallest absolute Gasteiger partial charge is 0.231 e. The monoisotopic (exact) mass is 315 g/mol. The van der Waals surface area contributed by atoms with Crippen molar-refractivity contribution in [1.29, 1.82) is 0 Å². The number of hydrogen-bond acceptors (Lipinski definition) is 4. The number of rotatable bonds is 6. The fraction of sp³-hybridized carbons (Fsp3) is 0.375. The summed E-state index contributed by atoms with van der Waals surface area (Å²) in [5.74, 6) is 2.38. The fourth-order valence-corrected chi connectivity index (χ4v) is 2.27. The number of guanidine groups is 1. The summed E-state index contributed by atoms with van der Waals surface area (Å²) in [6, 6.07) is 5.90. The van der Waals surface area contributed by atoms with Gasteiger partial charge in [0.1, 0.15) is 0 Å². The van der Waals surface area contributed by atoms with Crippen LogP contribution in [-0.2, 0) is 13.1 Å². The van der Waals surface area contributed by atoms with Crippen molar-refractivity contribution in [1.82, 2.24) is 20.2 Å². The van der Waals surface area contributed by atoms with E-state index in [2.05, 4.69) is 20.6 Å². The quantitative estimate of drug-likeness (QED) is 0.622. The van der Waals surface area contributed by atoms with Gasteiger partial charge < -0.3 is 24.7 Å². The van der Waals surface area contributed by atoms with E-state index in [4.69, 9.17) is 9.47 Å². The van der Waals surface area contributed by atoms with Gasteiger partial charge in [0.25, 0.3) is 0 Å². The lowest BCUT2D eigenvalue weighted by molar-refractivity contribution is 0.174. The van der Waals surface area contributed by atoms with Crippen LogP contribution >= 0.6 is 0 Å². The lowest BCUT2D eigenvalue weighted by Gasteiger charge is -2.11. The molecule has 1 aromatic heterocycles. The van der Waals surface area contributed by atoms with E-state index >= 15 is 0 Å². The van der Waals surface area contributed by atoms with Crippen LogP contribution in [-0.4, -0.2) is 35.4 Å². The van der Waals surface area contributed by atoms with E-state index in [-0.39, 0.29) is 0 Å². The van der Waals surface area contributed by atoms with E-state index in [1.165, 1.54) is 0 Å². The first kappa shape index (κ1) is 15.2. The van der Waals surface area contributed by atoms with Gasteiger partial charge in [-0.2, -0.15) is 0 Å². The molecule has 2 heterocycles. The van der Waals surface area contributed by atoms with Gasteiger partial charge in [0.15, 0.2) is 17.5 Å². The Morgan fingerprint density at radius 1 is 1.30 bits per heavy atom. The number of hydrogen-bond donors (Lipinski definition) is 2. The predicted molar refractivity (Wildman–Crippen MR) is 87.6 cm³/mol. The van der Waals surface area contributed by atoms with Crippen molar-refractivity contribution in [2.75, 3.05) is 19.9 Å². The van der Waals surface area contributed by atoms with Gasteiger partial charge in [-0.05, 0) is 24.6 Å². The second kappa shape index (κ2) is 7.53. The van der Waals surface area contributed by atoms with Gasteiger partial charge in [0.2, 0.25) is 6.79 Å². The van der Waals surface area contributed by atoms with Gasteiger partial charge in [0, 0.05) is 32.0 Å². The van der Waals surface area contributed by atoms with Crippen molar-refractivity contribution in [2.45, 2.75) is 20.0 Å². The van der Waals surface area contributed by atoms with Gasteiger partial charge in [-0.3, -0.25) is 0 Å². The Bertz CT molecular complexity index is 654. The summed E-state index contributed by atoms with van der Waals surface area (Å²) >= 11 is 0. The van der Waals surface area contributed by atoms with Crippen LogP contribution in [0.15, 0.2) is 41.9 Å². The minimum Gasteiger partial charge on any atom is -0.454 e.